The molecule has 0 radical (unpaired) electrons. The molecule has 1 unspecified atom stereocenters. The van der Waals surface area contributed by atoms with Crippen LogP contribution in [0.25, 0.3) is 0 Å². The van der Waals surface area contributed by atoms with Crippen molar-refractivity contribution in [2.45, 2.75) is 12.3 Å². The zero-order valence-corrected chi connectivity index (χ0v) is 8.15. The Morgan fingerprint density at radius 1 is 1.35 bits per heavy atom. The highest BCUT2D eigenvalue weighted by atomic mass is 19.4. The molecule has 0 saturated carbocycles. The SMILES string of the molecule is COC(=O)C(=O)OB1OC(=O)C(C(F)(F)F)O1. The first-order valence-corrected chi connectivity index (χ1v) is 3.97. The number of carbonyl (C=O) groups excluding carboxylic acids is 3. The standard InChI is InChI=1S/C6H4BF3O7/c1-14-4(12)5(13)17-7-15-2(3(11)16-7)6(8,9)10/h2H,1H3. The molecule has 0 aliphatic carbocycles. The Balaban J connectivity index is 2.59. The van der Waals surface area contributed by atoms with Crippen LogP contribution in [-0.4, -0.2) is 44.6 Å². The first-order chi connectivity index (χ1) is 7.75. The monoisotopic (exact) mass is 256 g/mol. The van der Waals surface area contributed by atoms with Crippen LogP contribution in [0.15, 0.2) is 0 Å². The molecule has 94 valence electrons. The molecule has 1 aliphatic heterocycles. The van der Waals surface area contributed by atoms with Crippen LogP contribution in [0, 0.1) is 0 Å². The number of carbonyl (C=O) groups is 3. The van der Waals surface area contributed by atoms with Crippen molar-refractivity contribution in [2.24, 2.45) is 0 Å². The lowest BCUT2D eigenvalue weighted by atomic mass is 10.2. The van der Waals surface area contributed by atoms with Crippen LogP contribution in [0.5, 0.6) is 0 Å². The van der Waals surface area contributed by atoms with Gasteiger partial charge in [-0.15, -0.1) is 0 Å². The number of hydrogen-bond acceptors (Lipinski definition) is 7. The van der Waals surface area contributed by atoms with E-state index >= 15 is 0 Å². The topological polar surface area (TPSA) is 88.1 Å². The van der Waals surface area contributed by atoms with Gasteiger partial charge < -0.3 is 18.7 Å². The summed E-state index contributed by atoms with van der Waals surface area (Å²) in [5.41, 5.74) is 0. The first kappa shape index (κ1) is 13.3. The number of esters is 1. The molecule has 1 fully saturated rings. The first-order valence-electron chi connectivity index (χ1n) is 3.97. The summed E-state index contributed by atoms with van der Waals surface area (Å²) in [7, 11) is -1.37. The van der Waals surface area contributed by atoms with Gasteiger partial charge in [0.2, 0.25) is 6.10 Å². The lowest BCUT2D eigenvalue weighted by Crippen LogP contribution is -2.35. The molecule has 0 amide bonds. The highest BCUT2D eigenvalue weighted by Gasteiger charge is 2.58. The minimum Gasteiger partial charge on any atom is -0.471 e. The van der Waals surface area contributed by atoms with Crippen molar-refractivity contribution in [3.63, 3.8) is 0 Å². The van der Waals surface area contributed by atoms with Crippen molar-refractivity contribution in [3.05, 3.63) is 0 Å². The largest absolute Gasteiger partial charge is 0.793 e. The van der Waals surface area contributed by atoms with Crippen molar-refractivity contribution >= 4 is 25.2 Å². The zero-order chi connectivity index (χ0) is 13.2. The summed E-state index contributed by atoms with van der Waals surface area (Å²) >= 11 is 0. The van der Waals surface area contributed by atoms with Crippen LogP contribution in [0.2, 0.25) is 0 Å². The Labute approximate surface area is 91.9 Å². The Hall–Kier alpha value is -1.78. The van der Waals surface area contributed by atoms with Gasteiger partial charge >= 0.3 is 31.4 Å². The minimum atomic E-state index is -5.00. The fraction of sp³-hybridized carbons (Fsp3) is 0.500. The van der Waals surface area contributed by atoms with E-state index in [1.807, 2.05) is 0 Å². The second kappa shape index (κ2) is 4.61. The summed E-state index contributed by atoms with van der Waals surface area (Å²) < 4.78 is 52.0. The highest BCUT2D eigenvalue weighted by Crippen LogP contribution is 2.28. The van der Waals surface area contributed by atoms with Gasteiger partial charge in [0.05, 0.1) is 7.11 Å². The molecule has 0 aromatic carbocycles. The molecule has 1 aliphatic rings. The van der Waals surface area contributed by atoms with Gasteiger partial charge in [-0.25, -0.2) is 9.59 Å². The van der Waals surface area contributed by atoms with Crippen molar-refractivity contribution < 1.29 is 46.3 Å². The summed E-state index contributed by atoms with van der Waals surface area (Å²) in [4.78, 5) is 32.0. The maximum Gasteiger partial charge on any atom is 0.793 e. The Morgan fingerprint density at radius 3 is 2.35 bits per heavy atom. The lowest BCUT2D eigenvalue weighted by molar-refractivity contribution is -0.197. The molecule has 0 bridgehead atoms. The normalized spacial score (nSPS) is 19.9. The smallest absolute Gasteiger partial charge is 0.471 e. The van der Waals surface area contributed by atoms with Crippen molar-refractivity contribution in [3.8, 4) is 0 Å². The Bertz CT molecular complexity index is 354. The zero-order valence-electron chi connectivity index (χ0n) is 8.15. The summed E-state index contributed by atoms with van der Waals surface area (Å²) in [5, 5.41) is 0. The van der Waals surface area contributed by atoms with Gasteiger partial charge in [-0.05, 0) is 0 Å². The third-order valence-electron chi connectivity index (χ3n) is 1.53. The van der Waals surface area contributed by atoms with Gasteiger partial charge in [-0.2, -0.15) is 13.2 Å². The third kappa shape index (κ3) is 3.09. The van der Waals surface area contributed by atoms with E-state index in [0.717, 1.165) is 7.11 Å². The summed E-state index contributed by atoms with van der Waals surface area (Å²) in [6.45, 7) is 0. The van der Waals surface area contributed by atoms with Gasteiger partial charge in [0.15, 0.2) is 0 Å². The number of alkyl halides is 3. The van der Waals surface area contributed by atoms with E-state index in [4.69, 9.17) is 0 Å². The van der Waals surface area contributed by atoms with Crippen LogP contribution in [0.4, 0.5) is 13.2 Å². The van der Waals surface area contributed by atoms with Crippen LogP contribution in [0.1, 0.15) is 0 Å². The quantitative estimate of drug-likeness (QED) is 0.344. The Kier molecular flexibility index (Phi) is 3.61. The molecule has 1 rings (SSSR count). The lowest BCUT2D eigenvalue weighted by Gasteiger charge is -2.09. The third-order valence-corrected chi connectivity index (χ3v) is 1.53. The predicted octanol–water partition coefficient (Wildman–Crippen LogP) is -0.808. The van der Waals surface area contributed by atoms with Gasteiger partial charge in [0, 0.05) is 0 Å². The van der Waals surface area contributed by atoms with Crippen molar-refractivity contribution in [1.82, 2.24) is 0 Å². The van der Waals surface area contributed by atoms with E-state index in [1.54, 1.807) is 0 Å². The molecule has 0 N–H and O–H groups in total. The molecule has 11 heteroatoms. The van der Waals surface area contributed by atoms with E-state index in [1.165, 1.54) is 0 Å². The van der Waals surface area contributed by atoms with Crippen LogP contribution >= 0.6 is 0 Å². The average Bonchev–Trinajstić information content (AvgIpc) is 2.57. The number of methoxy groups -OCH3 is 1. The van der Waals surface area contributed by atoms with E-state index in [9.17, 15) is 27.6 Å². The summed E-state index contributed by atoms with van der Waals surface area (Å²) in [6, 6.07) is 0. The Morgan fingerprint density at radius 2 is 1.94 bits per heavy atom. The molecule has 17 heavy (non-hydrogen) atoms. The van der Waals surface area contributed by atoms with Gasteiger partial charge in [-0.3, -0.25) is 4.79 Å². The predicted molar refractivity (Wildman–Crippen MR) is 40.9 cm³/mol. The van der Waals surface area contributed by atoms with Gasteiger partial charge in [0.25, 0.3) is 0 Å². The van der Waals surface area contributed by atoms with E-state index in [-0.39, 0.29) is 0 Å². The van der Waals surface area contributed by atoms with Crippen LogP contribution in [-0.2, 0) is 33.1 Å². The molecule has 7 nitrogen and oxygen atoms in total. The maximum atomic E-state index is 12.1. The van der Waals surface area contributed by atoms with E-state index in [2.05, 4.69) is 18.7 Å². The second-order valence-electron chi connectivity index (χ2n) is 2.68. The molecular formula is C6H4BF3O7. The van der Waals surface area contributed by atoms with Crippen LogP contribution < -0.4 is 0 Å². The van der Waals surface area contributed by atoms with Crippen molar-refractivity contribution in [1.29, 1.82) is 0 Å². The fourth-order valence-corrected chi connectivity index (χ4v) is 0.833. The number of ether oxygens (including phenoxy) is 1. The van der Waals surface area contributed by atoms with Gasteiger partial charge in [0.1, 0.15) is 0 Å². The van der Waals surface area contributed by atoms with E-state index in [0.29, 0.717) is 0 Å². The maximum absolute atomic E-state index is 12.1. The molecule has 1 heterocycles. The molecule has 0 spiro atoms. The summed E-state index contributed by atoms with van der Waals surface area (Å²) in [5.74, 6) is -4.88. The molecule has 1 saturated heterocycles. The highest BCUT2D eigenvalue weighted by molar-refractivity contribution is 6.48. The van der Waals surface area contributed by atoms with Crippen LogP contribution in [0.3, 0.4) is 0 Å². The molecule has 0 aromatic rings. The molecule has 1 atom stereocenters. The minimum absolute atomic E-state index is 0.851. The molecular weight excluding hydrogens is 252 g/mol. The average molecular weight is 256 g/mol. The number of halogens is 3. The summed E-state index contributed by atoms with van der Waals surface area (Å²) in [6.07, 6.45) is -7.85. The fourth-order valence-electron chi connectivity index (χ4n) is 0.833. The number of rotatable bonds is 1. The molecule has 0 aromatic heterocycles. The van der Waals surface area contributed by atoms with E-state index < -0.39 is 37.5 Å². The second-order valence-corrected chi connectivity index (χ2v) is 2.68. The van der Waals surface area contributed by atoms with Crippen molar-refractivity contribution in [2.75, 3.05) is 7.11 Å². The number of hydrogen-bond donors (Lipinski definition) is 0. The van der Waals surface area contributed by atoms with Gasteiger partial charge in [-0.1, -0.05) is 0 Å².